The summed E-state index contributed by atoms with van der Waals surface area (Å²) in [7, 11) is 0. The van der Waals surface area contributed by atoms with E-state index in [1.54, 1.807) is 0 Å². The maximum absolute atomic E-state index is 5.74. The van der Waals surface area contributed by atoms with Crippen LogP contribution in [0.5, 0.6) is 0 Å². The van der Waals surface area contributed by atoms with Crippen LogP contribution in [-0.4, -0.2) is 34.7 Å². The summed E-state index contributed by atoms with van der Waals surface area (Å²) in [6.45, 7) is 9.94. The van der Waals surface area contributed by atoms with Gasteiger partial charge in [0.05, 0.1) is 6.54 Å². The van der Waals surface area contributed by atoms with Crippen LogP contribution in [0.1, 0.15) is 45.3 Å². The molecule has 5 nitrogen and oxygen atoms in total. The summed E-state index contributed by atoms with van der Waals surface area (Å²) in [6, 6.07) is 0. The second kappa shape index (κ2) is 5.36. The number of likely N-dealkylation sites (tertiary alicyclic amines) is 1. The van der Waals surface area contributed by atoms with E-state index in [0.717, 1.165) is 32.0 Å². The normalized spacial score (nSPS) is 22.3. The lowest BCUT2D eigenvalue weighted by atomic mass is 9.97. The van der Waals surface area contributed by atoms with Crippen LogP contribution >= 0.6 is 0 Å². The highest BCUT2D eigenvalue weighted by molar-refractivity contribution is 4.98. The molecule has 0 saturated carbocycles. The van der Waals surface area contributed by atoms with Crippen LogP contribution in [0, 0.1) is 5.92 Å². The van der Waals surface area contributed by atoms with E-state index >= 15 is 0 Å². The van der Waals surface area contributed by atoms with Crippen molar-refractivity contribution in [3.05, 3.63) is 11.7 Å². The molecule has 1 fully saturated rings. The van der Waals surface area contributed by atoms with E-state index in [4.69, 9.17) is 10.3 Å². The number of aromatic nitrogens is 2. The van der Waals surface area contributed by atoms with Gasteiger partial charge < -0.3 is 10.3 Å². The Bertz CT molecular complexity index is 383. The van der Waals surface area contributed by atoms with E-state index in [9.17, 15) is 0 Å². The van der Waals surface area contributed by atoms with Gasteiger partial charge in [0.25, 0.3) is 0 Å². The summed E-state index contributed by atoms with van der Waals surface area (Å²) in [5.41, 5.74) is 5.67. The van der Waals surface area contributed by atoms with Crippen molar-refractivity contribution in [2.75, 3.05) is 19.6 Å². The highest BCUT2D eigenvalue weighted by Gasteiger charge is 2.24. The minimum absolute atomic E-state index is 0.0764. The van der Waals surface area contributed by atoms with Crippen molar-refractivity contribution in [3.8, 4) is 0 Å². The molecule has 0 aromatic carbocycles. The van der Waals surface area contributed by atoms with Gasteiger partial charge in [-0.15, -0.1) is 0 Å². The third kappa shape index (κ3) is 3.29. The van der Waals surface area contributed by atoms with Crippen LogP contribution in [0.15, 0.2) is 4.52 Å². The average Bonchev–Trinajstić information content (AvgIpc) is 2.77. The molecule has 0 unspecified atom stereocenters. The number of piperidine rings is 1. The third-order valence-electron chi connectivity index (χ3n) is 3.41. The van der Waals surface area contributed by atoms with Gasteiger partial charge in [0.15, 0.2) is 5.82 Å². The van der Waals surface area contributed by atoms with E-state index in [1.165, 1.54) is 12.8 Å². The highest BCUT2D eigenvalue weighted by atomic mass is 16.5. The Hall–Kier alpha value is -0.940. The Kier molecular flexibility index (Phi) is 4.02. The molecule has 0 radical (unpaired) electrons. The summed E-state index contributed by atoms with van der Waals surface area (Å²) < 4.78 is 5.31. The molecule has 0 spiro atoms. The minimum Gasteiger partial charge on any atom is -0.339 e. The van der Waals surface area contributed by atoms with Crippen molar-refractivity contribution in [1.29, 1.82) is 0 Å². The van der Waals surface area contributed by atoms with Gasteiger partial charge in [-0.25, -0.2) is 0 Å². The van der Waals surface area contributed by atoms with Gasteiger partial charge in [0, 0.05) is 12.0 Å². The first-order valence-corrected chi connectivity index (χ1v) is 6.74. The van der Waals surface area contributed by atoms with Gasteiger partial charge in [-0.1, -0.05) is 25.9 Å². The molecule has 18 heavy (non-hydrogen) atoms. The molecule has 1 aromatic rings. The van der Waals surface area contributed by atoms with Gasteiger partial charge >= 0.3 is 0 Å². The number of nitrogens with two attached hydrogens (primary N) is 1. The summed E-state index contributed by atoms with van der Waals surface area (Å²) in [5, 5.41) is 4.07. The summed E-state index contributed by atoms with van der Waals surface area (Å²) >= 11 is 0. The first-order chi connectivity index (χ1) is 8.49. The standard InChI is InChI=1S/C13H24N4O/c1-13(2,3)12-15-11(16-18-12)9-17-6-4-5-10(7-14)8-17/h10H,4-9,14H2,1-3H3/t10-/m1/s1. The second-order valence-electron chi connectivity index (χ2n) is 6.24. The first kappa shape index (κ1) is 13.5. The fourth-order valence-electron chi connectivity index (χ4n) is 2.31. The number of rotatable bonds is 3. The molecule has 0 bridgehead atoms. The predicted molar refractivity (Wildman–Crippen MR) is 70.1 cm³/mol. The molecule has 1 aliphatic heterocycles. The Morgan fingerprint density at radius 3 is 2.83 bits per heavy atom. The van der Waals surface area contributed by atoms with Crippen molar-refractivity contribution in [3.63, 3.8) is 0 Å². The van der Waals surface area contributed by atoms with Crippen LogP contribution in [0.3, 0.4) is 0 Å². The maximum atomic E-state index is 5.74. The SMILES string of the molecule is CC(C)(C)c1nc(CN2CCC[C@H](CN)C2)no1. The maximum Gasteiger partial charge on any atom is 0.232 e. The monoisotopic (exact) mass is 252 g/mol. The third-order valence-corrected chi connectivity index (χ3v) is 3.41. The molecular formula is C13H24N4O. The van der Waals surface area contributed by atoms with Crippen LogP contribution in [0.2, 0.25) is 0 Å². The lowest BCUT2D eigenvalue weighted by molar-refractivity contribution is 0.166. The number of hydrogen-bond donors (Lipinski definition) is 1. The quantitative estimate of drug-likeness (QED) is 0.883. The molecule has 1 aromatic heterocycles. The molecule has 5 heteroatoms. The van der Waals surface area contributed by atoms with E-state index in [1.807, 2.05) is 0 Å². The zero-order valence-electron chi connectivity index (χ0n) is 11.6. The molecule has 0 amide bonds. The molecule has 1 saturated heterocycles. The van der Waals surface area contributed by atoms with Crippen molar-refractivity contribution >= 4 is 0 Å². The summed E-state index contributed by atoms with van der Waals surface area (Å²) in [6.07, 6.45) is 2.46. The lowest BCUT2D eigenvalue weighted by Gasteiger charge is -2.30. The largest absolute Gasteiger partial charge is 0.339 e. The number of hydrogen-bond acceptors (Lipinski definition) is 5. The van der Waals surface area contributed by atoms with Gasteiger partial charge in [0.1, 0.15) is 0 Å². The second-order valence-corrected chi connectivity index (χ2v) is 6.24. The van der Waals surface area contributed by atoms with Gasteiger partial charge in [-0.3, -0.25) is 4.90 Å². The fraction of sp³-hybridized carbons (Fsp3) is 0.846. The smallest absolute Gasteiger partial charge is 0.232 e. The van der Waals surface area contributed by atoms with E-state index in [0.29, 0.717) is 11.8 Å². The molecule has 102 valence electrons. The zero-order chi connectivity index (χ0) is 13.2. The molecule has 2 N–H and O–H groups in total. The van der Waals surface area contributed by atoms with E-state index in [2.05, 4.69) is 35.8 Å². The van der Waals surface area contributed by atoms with Crippen LogP contribution in [0.25, 0.3) is 0 Å². The Morgan fingerprint density at radius 2 is 2.22 bits per heavy atom. The Balaban J connectivity index is 1.95. The summed E-state index contributed by atoms with van der Waals surface area (Å²) in [4.78, 5) is 6.85. The predicted octanol–water partition coefficient (Wildman–Crippen LogP) is 1.54. The zero-order valence-corrected chi connectivity index (χ0v) is 11.6. The van der Waals surface area contributed by atoms with Crippen LogP contribution in [-0.2, 0) is 12.0 Å². The Morgan fingerprint density at radius 1 is 1.44 bits per heavy atom. The van der Waals surface area contributed by atoms with Crippen molar-refractivity contribution in [1.82, 2.24) is 15.0 Å². The molecular weight excluding hydrogens is 228 g/mol. The number of nitrogens with zero attached hydrogens (tertiary/aromatic N) is 3. The van der Waals surface area contributed by atoms with Crippen LogP contribution < -0.4 is 5.73 Å². The van der Waals surface area contributed by atoms with E-state index < -0.39 is 0 Å². The van der Waals surface area contributed by atoms with Gasteiger partial charge in [-0.05, 0) is 31.8 Å². The van der Waals surface area contributed by atoms with Crippen LogP contribution in [0.4, 0.5) is 0 Å². The topological polar surface area (TPSA) is 68.2 Å². The van der Waals surface area contributed by atoms with Gasteiger partial charge in [-0.2, -0.15) is 4.98 Å². The first-order valence-electron chi connectivity index (χ1n) is 6.74. The molecule has 0 aliphatic carbocycles. The van der Waals surface area contributed by atoms with Crippen molar-refractivity contribution in [2.24, 2.45) is 11.7 Å². The molecule has 2 heterocycles. The fourth-order valence-corrected chi connectivity index (χ4v) is 2.31. The summed E-state index contributed by atoms with van der Waals surface area (Å²) in [5.74, 6) is 2.12. The molecule has 1 atom stereocenters. The minimum atomic E-state index is -0.0764. The molecule has 2 rings (SSSR count). The van der Waals surface area contributed by atoms with Gasteiger partial charge in [0.2, 0.25) is 5.89 Å². The van der Waals surface area contributed by atoms with E-state index in [-0.39, 0.29) is 5.41 Å². The van der Waals surface area contributed by atoms with Crippen molar-refractivity contribution in [2.45, 2.75) is 45.6 Å². The lowest BCUT2D eigenvalue weighted by Crippen LogP contribution is -2.38. The highest BCUT2D eigenvalue weighted by Crippen LogP contribution is 2.21. The van der Waals surface area contributed by atoms with Crippen molar-refractivity contribution < 1.29 is 4.52 Å². The molecule has 1 aliphatic rings. The average molecular weight is 252 g/mol. The Labute approximate surface area is 109 Å².